The average molecular weight is 219 g/mol. The summed E-state index contributed by atoms with van der Waals surface area (Å²) in [6.45, 7) is 0.729. The maximum atomic E-state index is 11.4. The number of nitrogens with zero attached hydrogens (tertiary/aromatic N) is 1. The van der Waals surface area contributed by atoms with E-state index in [-0.39, 0.29) is 5.91 Å². The van der Waals surface area contributed by atoms with Crippen molar-refractivity contribution in [3.63, 3.8) is 0 Å². The molecule has 0 aromatic heterocycles. The van der Waals surface area contributed by atoms with Crippen LogP contribution in [0.5, 0.6) is 0 Å². The van der Waals surface area contributed by atoms with Gasteiger partial charge in [-0.25, -0.2) is 4.79 Å². The van der Waals surface area contributed by atoms with Gasteiger partial charge in [0.2, 0.25) is 5.91 Å². The summed E-state index contributed by atoms with van der Waals surface area (Å²) in [6, 6.07) is -0.698. The van der Waals surface area contributed by atoms with Gasteiger partial charge in [0.15, 0.2) is 0 Å². The van der Waals surface area contributed by atoms with Gasteiger partial charge in [0.25, 0.3) is 0 Å². The van der Waals surface area contributed by atoms with Crippen molar-refractivity contribution in [1.82, 2.24) is 4.90 Å². The predicted molar refractivity (Wildman–Crippen MR) is 52.3 cm³/mol. The zero-order valence-corrected chi connectivity index (χ0v) is 8.75. The Morgan fingerprint density at radius 2 is 2.50 bits per heavy atom. The van der Waals surface area contributed by atoms with Crippen molar-refractivity contribution in [2.75, 3.05) is 31.8 Å². The summed E-state index contributed by atoms with van der Waals surface area (Å²) in [7, 11) is 1.53. The number of aliphatic carboxylic acids is 1. The van der Waals surface area contributed by atoms with Crippen molar-refractivity contribution in [2.45, 2.75) is 6.04 Å². The fourth-order valence-electron chi connectivity index (χ4n) is 1.28. The number of rotatable bonds is 4. The van der Waals surface area contributed by atoms with E-state index >= 15 is 0 Å². The minimum absolute atomic E-state index is 0.120. The Bertz CT molecular complexity index is 233. The molecule has 0 aromatic rings. The summed E-state index contributed by atoms with van der Waals surface area (Å²) >= 11 is 1.36. The van der Waals surface area contributed by atoms with E-state index in [0.717, 1.165) is 0 Å². The van der Waals surface area contributed by atoms with Crippen LogP contribution in [-0.4, -0.2) is 59.7 Å². The van der Waals surface area contributed by atoms with Crippen molar-refractivity contribution >= 4 is 23.6 Å². The fourth-order valence-corrected chi connectivity index (χ4v) is 2.28. The molecule has 1 fully saturated rings. The van der Waals surface area contributed by atoms with Gasteiger partial charge < -0.3 is 14.7 Å². The molecule has 1 amide bonds. The number of thioether (sulfide) groups is 1. The van der Waals surface area contributed by atoms with Crippen molar-refractivity contribution in [3.8, 4) is 0 Å². The zero-order chi connectivity index (χ0) is 10.6. The standard InChI is InChI=1S/C8H13NO4S/c1-13-3-2-9-6(8(11)12)4-14-5-7(9)10/h6H,2-5H2,1H3,(H,11,12). The molecule has 14 heavy (non-hydrogen) atoms. The van der Waals surface area contributed by atoms with Gasteiger partial charge in [-0.2, -0.15) is 0 Å². The number of carboxylic acids is 1. The first-order chi connectivity index (χ1) is 6.66. The largest absolute Gasteiger partial charge is 0.480 e. The highest BCUT2D eigenvalue weighted by Crippen LogP contribution is 2.17. The van der Waals surface area contributed by atoms with Crippen molar-refractivity contribution in [3.05, 3.63) is 0 Å². The Balaban J connectivity index is 2.61. The van der Waals surface area contributed by atoms with Gasteiger partial charge in [0.05, 0.1) is 12.4 Å². The third kappa shape index (κ3) is 2.62. The molecule has 0 aliphatic carbocycles. The molecule has 5 nitrogen and oxygen atoms in total. The first-order valence-corrected chi connectivity index (χ1v) is 5.41. The Kier molecular flexibility index (Phi) is 4.21. The number of carbonyl (C=O) groups is 2. The summed E-state index contributed by atoms with van der Waals surface area (Å²) < 4.78 is 4.83. The Morgan fingerprint density at radius 3 is 3.07 bits per heavy atom. The molecule has 1 rings (SSSR count). The van der Waals surface area contributed by atoms with Crippen LogP contribution in [0.1, 0.15) is 0 Å². The van der Waals surface area contributed by atoms with Crippen LogP contribution in [0.4, 0.5) is 0 Å². The van der Waals surface area contributed by atoms with Gasteiger partial charge in [-0.3, -0.25) is 4.79 Å². The molecule has 1 aliphatic rings. The average Bonchev–Trinajstić information content (AvgIpc) is 2.15. The highest BCUT2D eigenvalue weighted by Gasteiger charge is 2.32. The number of hydrogen-bond acceptors (Lipinski definition) is 4. The molecule has 0 radical (unpaired) electrons. The molecule has 1 N–H and O–H groups in total. The molecule has 1 saturated heterocycles. The van der Waals surface area contributed by atoms with E-state index in [1.54, 1.807) is 0 Å². The van der Waals surface area contributed by atoms with Crippen LogP contribution in [0.15, 0.2) is 0 Å². The van der Waals surface area contributed by atoms with E-state index in [1.165, 1.54) is 23.8 Å². The SMILES string of the molecule is COCCN1C(=O)CSCC1C(=O)O. The predicted octanol–water partition coefficient (Wildman–Crippen LogP) is -0.339. The van der Waals surface area contributed by atoms with Crippen LogP contribution in [-0.2, 0) is 14.3 Å². The van der Waals surface area contributed by atoms with Gasteiger partial charge in [-0.15, -0.1) is 11.8 Å². The van der Waals surface area contributed by atoms with E-state index in [4.69, 9.17) is 9.84 Å². The van der Waals surface area contributed by atoms with E-state index in [2.05, 4.69) is 0 Å². The van der Waals surface area contributed by atoms with Crippen LogP contribution in [0.3, 0.4) is 0 Å². The minimum Gasteiger partial charge on any atom is -0.480 e. The number of carboxylic acid groups (broad SMARTS) is 1. The molecular formula is C8H13NO4S. The number of ether oxygens (including phenoxy) is 1. The number of amides is 1. The van der Waals surface area contributed by atoms with Crippen LogP contribution in [0.25, 0.3) is 0 Å². The molecular weight excluding hydrogens is 206 g/mol. The molecule has 1 aliphatic heterocycles. The summed E-state index contributed by atoms with van der Waals surface area (Å²) in [4.78, 5) is 23.6. The lowest BCUT2D eigenvalue weighted by atomic mass is 10.2. The highest BCUT2D eigenvalue weighted by atomic mass is 32.2. The molecule has 1 atom stereocenters. The summed E-state index contributed by atoms with van der Waals surface area (Å²) in [5, 5.41) is 8.88. The zero-order valence-electron chi connectivity index (χ0n) is 7.93. The van der Waals surface area contributed by atoms with Crippen LogP contribution in [0, 0.1) is 0 Å². The number of methoxy groups -OCH3 is 1. The maximum Gasteiger partial charge on any atom is 0.327 e. The summed E-state index contributed by atoms with van der Waals surface area (Å²) in [5.41, 5.74) is 0. The molecule has 80 valence electrons. The molecule has 0 saturated carbocycles. The fraction of sp³-hybridized carbons (Fsp3) is 0.750. The monoisotopic (exact) mass is 219 g/mol. The molecule has 0 bridgehead atoms. The van der Waals surface area contributed by atoms with E-state index in [9.17, 15) is 9.59 Å². The first kappa shape index (κ1) is 11.3. The van der Waals surface area contributed by atoms with Crippen molar-refractivity contribution in [2.24, 2.45) is 0 Å². The lowest BCUT2D eigenvalue weighted by Crippen LogP contribution is -2.51. The van der Waals surface area contributed by atoms with E-state index in [0.29, 0.717) is 24.7 Å². The molecule has 6 heteroatoms. The van der Waals surface area contributed by atoms with Crippen LogP contribution < -0.4 is 0 Å². The van der Waals surface area contributed by atoms with Crippen LogP contribution in [0.2, 0.25) is 0 Å². The third-order valence-electron chi connectivity index (χ3n) is 2.02. The van der Waals surface area contributed by atoms with Crippen LogP contribution >= 0.6 is 11.8 Å². The molecule has 1 unspecified atom stereocenters. The lowest BCUT2D eigenvalue weighted by Gasteiger charge is -2.32. The number of carbonyl (C=O) groups excluding carboxylic acids is 1. The maximum absolute atomic E-state index is 11.4. The Hall–Kier alpha value is -0.750. The van der Waals surface area contributed by atoms with E-state index in [1.807, 2.05) is 0 Å². The van der Waals surface area contributed by atoms with E-state index < -0.39 is 12.0 Å². The van der Waals surface area contributed by atoms with Gasteiger partial charge in [0, 0.05) is 19.4 Å². The molecule has 0 aromatic carbocycles. The lowest BCUT2D eigenvalue weighted by molar-refractivity contribution is -0.149. The summed E-state index contributed by atoms with van der Waals surface area (Å²) in [5.74, 6) is -0.231. The van der Waals surface area contributed by atoms with Gasteiger partial charge in [-0.05, 0) is 0 Å². The summed E-state index contributed by atoms with van der Waals surface area (Å²) in [6.07, 6.45) is 0. The normalized spacial score (nSPS) is 22.5. The topological polar surface area (TPSA) is 66.8 Å². The Morgan fingerprint density at radius 1 is 1.79 bits per heavy atom. The third-order valence-corrected chi connectivity index (χ3v) is 3.02. The first-order valence-electron chi connectivity index (χ1n) is 4.25. The molecule has 0 spiro atoms. The minimum atomic E-state index is -0.943. The van der Waals surface area contributed by atoms with Gasteiger partial charge in [0.1, 0.15) is 6.04 Å². The highest BCUT2D eigenvalue weighted by molar-refractivity contribution is 8.00. The smallest absolute Gasteiger partial charge is 0.327 e. The number of hydrogen-bond donors (Lipinski definition) is 1. The van der Waals surface area contributed by atoms with Gasteiger partial charge in [-0.1, -0.05) is 0 Å². The van der Waals surface area contributed by atoms with Crippen molar-refractivity contribution in [1.29, 1.82) is 0 Å². The quantitative estimate of drug-likeness (QED) is 0.700. The second-order valence-corrected chi connectivity index (χ2v) is 3.98. The van der Waals surface area contributed by atoms with Gasteiger partial charge >= 0.3 is 5.97 Å². The molecule has 1 heterocycles. The van der Waals surface area contributed by atoms with Crippen molar-refractivity contribution < 1.29 is 19.4 Å². The second kappa shape index (κ2) is 5.21. The second-order valence-electron chi connectivity index (χ2n) is 2.95. The Labute approximate surface area is 86.4 Å².